The molecule has 2 aromatic rings. The van der Waals surface area contributed by atoms with Crippen molar-refractivity contribution < 1.29 is 4.92 Å². The summed E-state index contributed by atoms with van der Waals surface area (Å²) in [7, 11) is 0. The summed E-state index contributed by atoms with van der Waals surface area (Å²) in [6, 6.07) is 5.87. The second-order valence-electron chi connectivity index (χ2n) is 4.87. The molecule has 1 heterocycles. The van der Waals surface area contributed by atoms with Crippen molar-refractivity contribution in [2.24, 2.45) is 0 Å². The minimum Gasteiger partial charge on any atom is -0.258 e. The van der Waals surface area contributed by atoms with Gasteiger partial charge < -0.3 is 0 Å². The quantitative estimate of drug-likeness (QED) is 0.605. The molecule has 98 valence electrons. The van der Waals surface area contributed by atoms with Gasteiger partial charge in [0.15, 0.2) is 0 Å². The molecule has 0 aliphatic rings. The Kier molecular flexibility index (Phi) is 3.34. The predicted octanol–water partition coefficient (Wildman–Crippen LogP) is 3.89. The molecule has 0 amide bonds. The van der Waals surface area contributed by atoms with Gasteiger partial charge in [-0.25, -0.2) is 0 Å². The van der Waals surface area contributed by atoms with E-state index in [0.29, 0.717) is 5.56 Å². The van der Waals surface area contributed by atoms with Crippen LogP contribution in [0.3, 0.4) is 0 Å². The second kappa shape index (κ2) is 4.80. The highest BCUT2D eigenvalue weighted by Crippen LogP contribution is 2.34. The molecule has 1 aromatic carbocycles. The van der Waals surface area contributed by atoms with E-state index >= 15 is 0 Å². The lowest BCUT2D eigenvalue weighted by atomic mass is 9.93. The van der Waals surface area contributed by atoms with Crippen LogP contribution in [0.1, 0.15) is 22.4 Å². The van der Waals surface area contributed by atoms with E-state index in [1.807, 2.05) is 39.8 Å². The molecule has 0 aliphatic carbocycles. The topological polar surface area (TPSA) is 56.0 Å². The van der Waals surface area contributed by atoms with Crippen molar-refractivity contribution in [2.75, 3.05) is 0 Å². The summed E-state index contributed by atoms with van der Waals surface area (Å²) in [6.45, 7) is 7.83. The van der Waals surface area contributed by atoms with Crippen LogP contribution in [0.25, 0.3) is 11.1 Å². The van der Waals surface area contributed by atoms with Gasteiger partial charge in [0.1, 0.15) is 6.20 Å². The molecule has 0 atom stereocenters. The molecule has 0 radical (unpaired) electrons. The summed E-state index contributed by atoms with van der Waals surface area (Å²) in [4.78, 5) is 14.8. The van der Waals surface area contributed by atoms with E-state index in [-0.39, 0.29) is 10.6 Å². The molecule has 0 bridgehead atoms. The van der Waals surface area contributed by atoms with E-state index in [4.69, 9.17) is 0 Å². The van der Waals surface area contributed by atoms with E-state index in [0.717, 1.165) is 27.9 Å². The number of nitro groups is 1. The summed E-state index contributed by atoms with van der Waals surface area (Å²) in [6.07, 6.45) is 1.34. The zero-order valence-corrected chi connectivity index (χ0v) is 11.5. The number of aromatic nitrogens is 1. The third kappa shape index (κ3) is 2.47. The second-order valence-corrected chi connectivity index (χ2v) is 4.87. The summed E-state index contributed by atoms with van der Waals surface area (Å²) in [5.74, 6) is 0. The molecular formula is C15H16N2O2. The number of aryl methyl sites for hydroxylation is 4. The zero-order chi connectivity index (χ0) is 14.2. The first-order valence-electron chi connectivity index (χ1n) is 6.09. The van der Waals surface area contributed by atoms with Crippen molar-refractivity contribution in [2.45, 2.75) is 27.7 Å². The van der Waals surface area contributed by atoms with E-state index in [2.05, 4.69) is 4.98 Å². The number of hydrogen-bond acceptors (Lipinski definition) is 3. The van der Waals surface area contributed by atoms with Crippen LogP contribution in [0.5, 0.6) is 0 Å². The van der Waals surface area contributed by atoms with Gasteiger partial charge in [0.2, 0.25) is 0 Å². The fourth-order valence-corrected chi connectivity index (χ4v) is 2.50. The zero-order valence-electron chi connectivity index (χ0n) is 11.5. The molecule has 19 heavy (non-hydrogen) atoms. The molecule has 0 aliphatic heterocycles. The summed E-state index contributed by atoms with van der Waals surface area (Å²) in [5, 5.41) is 11.2. The van der Waals surface area contributed by atoms with E-state index < -0.39 is 0 Å². The van der Waals surface area contributed by atoms with Gasteiger partial charge in [-0.05, 0) is 50.5 Å². The first-order valence-corrected chi connectivity index (χ1v) is 6.09. The van der Waals surface area contributed by atoms with E-state index in [1.54, 1.807) is 6.07 Å². The smallest absolute Gasteiger partial charge is 0.258 e. The van der Waals surface area contributed by atoms with Gasteiger partial charge in [-0.3, -0.25) is 15.1 Å². The summed E-state index contributed by atoms with van der Waals surface area (Å²) >= 11 is 0. The fraction of sp³-hybridized carbons (Fsp3) is 0.267. The maximum Gasteiger partial charge on any atom is 0.295 e. The third-order valence-corrected chi connectivity index (χ3v) is 3.16. The maximum absolute atomic E-state index is 11.2. The first-order chi connectivity index (χ1) is 8.90. The van der Waals surface area contributed by atoms with Crippen molar-refractivity contribution in [1.29, 1.82) is 0 Å². The van der Waals surface area contributed by atoms with E-state index in [1.165, 1.54) is 6.20 Å². The summed E-state index contributed by atoms with van der Waals surface area (Å²) in [5.41, 5.74) is 5.67. The van der Waals surface area contributed by atoms with Gasteiger partial charge in [0.25, 0.3) is 5.69 Å². The standard InChI is InChI=1S/C15H16N2O2/c1-9-5-10(2)15(11(3)6-9)13-7-12(4)16-8-14(13)17(18)19/h5-8H,1-4H3. The minimum absolute atomic E-state index is 0.0562. The van der Waals surface area contributed by atoms with Gasteiger partial charge in [-0.1, -0.05) is 17.7 Å². The molecule has 0 saturated heterocycles. The number of rotatable bonds is 2. The molecule has 1 aromatic heterocycles. The molecule has 2 rings (SSSR count). The maximum atomic E-state index is 11.2. The Hall–Kier alpha value is -2.23. The lowest BCUT2D eigenvalue weighted by molar-refractivity contribution is -0.384. The number of pyridine rings is 1. The molecule has 4 nitrogen and oxygen atoms in total. The van der Waals surface area contributed by atoms with Crippen LogP contribution in [0.2, 0.25) is 0 Å². The Labute approximate surface area is 112 Å². The van der Waals surface area contributed by atoms with Crippen LogP contribution >= 0.6 is 0 Å². The molecule has 0 spiro atoms. The average Bonchev–Trinajstić information content (AvgIpc) is 2.27. The lowest BCUT2D eigenvalue weighted by Gasteiger charge is -2.12. The fourth-order valence-electron chi connectivity index (χ4n) is 2.50. The van der Waals surface area contributed by atoms with Gasteiger partial charge in [0, 0.05) is 5.69 Å². The molecule has 0 saturated carbocycles. The van der Waals surface area contributed by atoms with Crippen LogP contribution in [0, 0.1) is 37.8 Å². The molecule has 0 fully saturated rings. The van der Waals surface area contributed by atoms with Crippen LogP contribution in [-0.4, -0.2) is 9.91 Å². The highest BCUT2D eigenvalue weighted by molar-refractivity contribution is 5.78. The van der Waals surface area contributed by atoms with Crippen molar-refractivity contribution in [3.8, 4) is 11.1 Å². The SMILES string of the molecule is Cc1cc(C)c(-c2cc(C)ncc2[N+](=O)[O-])c(C)c1. The molecular weight excluding hydrogens is 240 g/mol. The van der Waals surface area contributed by atoms with Crippen molar-refractivity contribution in [3.05, 3.63) is 56.9 Å². The van der Waals surface area contributed by atoms with Crippen molar-refractivity contribution in [3.63, 3.8) is 0 Å². The van der Waals surface area contributed by atoms with Crippen LogP contribution < -0.4 is 0 Å². The van der Waals surface area contributed by atoms with Crippen LogP contribution in [-0.2, 0) is 0 Å². The monoisotopic (exact) mass is 256 g/mol. The number of hydrogen-bond donors (Lipinski definition) is 0. The van der Waals surface area contributed by atoms with Gasteiger partial charge >= 0.3 is 0 Å². The Morgan fingerprint density at radius 3 is 2.16 bits per heavy atom. The highest BCUT2D eigenvalue weighted by atomic mass is 16.6. The van der Waals surface area contributed by atoms with Gasteiger partial charge in [0.05, 0.1) is 10.5 Å². The van der Waals surface area contributed by atoms with Crippen LogP contribution in [0.4, 0.5) is 5.69 Å². The van der Waals surface area contributed by atoms with Crippen LogP contribution in [0.15, 0.2) is 24.4 Å². The van der Waals surface area contributed by atoms with Crippen molar-refractivity contribution in [1.82, 2.24) is 4.98 Å². The molecule has 4 heteroatoms. The summed E-state index contributed by atoms with van der Waals surface area (Å²) < 4.78 is 0. The predicted molar refractivity (Wildman–Crippen MR) is 75.3 cm³/mol. The Balaban J connectivity index is 2.78. The highest BCUT2D eigenvalue weighted by Gasteiger charge is 2.19. The first kappa shape index (κ1) is 13.2. The Morgan fingerprint density at radius 1 is 1.05 bits per heavy atom. The Bertz CT molecular complexity index is 640. The molecule has 0 N–H and O–H groups in total. The third-order valence-electron chi connectivity index (χ3n) is 3.16. The van der Waals surface area contributed by atoms with Crippen molar-refractivity contribution >= 4 is 5.69 Å². The lowest BCUT2D eigenvalue weighted by Crippen LogP contribution is -1.98. The largest absolute Gasteiger partial charge is 0.295 e. The van der Waals surface area contributed by atoms with Gasteiger partial charge in [-0.2, -0.15) is 0 Å². The molecule has 0 unspecified atom stereocenters. The normalized spacial score (nSPS) is 10.5. The van der Waals surface area contributed by atoms with Gasteiger partial charge in [-0.15, -0.1) is 0 Å². The minimum atomic E-state index is -0.374. The average molecular weight is 256 g/mol. The Morgan fingerprint density at radius 2 is 1.63 bits per heavy atom. The number of benzene rings is 1. The van der Waals surface area contributed by atoms with E-state index in [9.17, 15) is 10.1 Å². The number of nitrogens with zero attached hydrogens (tertiary/aromatic N) is 2.